The highest BCUT2D eigenvalue weighted by Crippen LogP contribution is 2.40. The predicted molar refractivity (Wildman–Crippen MR) is 105 cm³/mol. The van der Waals surface area contributed by atoms with E-state index in [0.717, 1.165) is 36.0 Å². The highest BCUT2D eigenvalue weighted by Gasteiger charge is 2.28. The molecule has 0 aliphatic heterocycles. The van der Waals surface area contributed by atoms with E-state index in [9.17, 15) is 9.59 Å². The topological polar surface area (TPSA) is 55.4 Å². The first kappa shape index (κ1) is 18.6. The van der Waals surface area contributed by atoms with E-state index >= 15 is 0 Å². The van der Waals surface area contributed by atoms with Crippen LogP contribution in [0.2, 0.25) is 0 Å². The second kappa shape index (κ2) is 7.62. The molecule has 1 aliphatic carbocycles. The molecule has 1 N–H and O–H groups in total. The summed E-state index contributed by atoms with van der Waals surface area (Å²) in [5, 5.41) is 3.60. The third kappa shape index (κ3) is 3.83. The molecule has 0 unspecified atom stereocenters. The van der Waals surface area contributed by atoms with Gasteiger partial charge < -0.3 is 10.1 Å². The first-order valence-electron chi connectivity index (χ1n) is 8.97. The molecule has 1 aliphatic rings. The number of aryl methyl sites for hydroxylation is 2. The standard InChI is InChI=1S/C21H25NO3S/c1-12-5-7-15(14(3)9-12)11-18(23)22-20-19(21(24)25-4)16-8-6-13(2)10-17(16)26-20/h5,7,9,13H,6,8,10-11H2,1-4H3,(H,22,23)/t13-/m0/s1. The van der Waals surface area contributed by atoms with Crippen LogP contribution in [0, 0.1) is 19.8 Å². The van der Waals surface area contributed by atoms with E-state index < -0.39 is 0 Å². The van der Waals surface area contributed by atoms with Gasteiger partial charge in [0.2, 0.25) is 5.91 Å². The Balaban J connectivity index is 1.84. The smallest absolute Gasteiger partial charge is 0.341 e. The van der Waals surface area contributed by atoms with Crippen molar-refractivity contribution >= 4 is 28.2 Å². The Kier molecular flexibility index (Phi) is 5.47. The van der Waals surface area contributed by atoms with Crippen LogP contribution in [0.1, 0.15) is 50.8 Å². The zero-order valence-electron chi connectivity index (χ0n) is 15.8. The molecule has 1 heterocycles. The number of carbonyl (C=O) groups is 2. The van der Waals surface area contributed by atoms with Gasteiger partial charge in [-0.15, -0.1) is 11.3 Å². The average Bonchev–Trinajstić information content (AvgIpc) is 2.93. The maximum Gasteiger partial charge on any atom is 0.341 e. The molecule has 5 heteroatoms. The maximum atomic E-state index is 12.6. The van der Waals surface area contributed by atoms with E-state index in [1.807, 2.05) is 26.0 Å². The van der Waals surface area contributed by atoms with Gasteiger partial charge in [0.1, 0.15) is 5.00 Å². The molecule has 1 aromatic carbocycles. The molecular weight excluding hydrogens is 346 g/mol. The van der Waals surface area contributed by atoms with E-state index in [4.69, 9.17) is 4.74 Å². The summed E-state index contributed by atoms with van der Waals surface area (Å²) < 4.78 is 4.98. The zero-order valence-corrected chi connectivity index (χ0v) is 16.6. The number of hydrogen-bond donors (Lipinski definition) is 1. The fourth-order valence-corrected chi connectivity index (χ4v) is 4.96. The Labute approximate surface area is 158 Å². The summed E-state index contributed by atoms with van der Waals surface area (Å²) in [4.78, 5) is 26.1. The van der Waals surface area contributed by atoms with Gasteiger partial charge in [-0.3, -0.25) is 4.79 Å². The minimum Gasteiger partial charge on any atom is -0.465 e. The number of nitrogens with one attached hydrogen (secondary N) is 1. The minimum atomic E-state index is -0.362. The number of hydrogen-bond acceptors (Lipinski definition) is 4. The second-order valence-electron chi connectivity index (χ2n) is 7.20. The number of ether oxygens (including phenoxy) is 1. The molecule has 3 rings (SSSR count). The summed E-state index contributed by atoms with van der Waals surface area (Å²) in [5.41, 5.74) is 4.89. The van der Waals surface area contributed by atoms with Crippen molar-refractivity contribution in [1.82, 2.24) is 0 Å². The lowest BCUT2D eigenvalue weighted by atomic mass is 9.88. The maximum absolute atomic E-state index is 12.6. The number of rotatable bonds is 4. The van der Waals surface area contributed by atoms with E-state index in [1.165, 1.54) is 28.9 Å². The first-order chi connectivity index (χ1) is 12.4. The lowest BCUT2D eigenvalue weighted by Gasteiger charge is -2.18. The van der Waals surface area contributed by atoms with Crippen LogP contribution < -0.4 is 5.32 Å². The van der Waals surface area contributed by atoms with E-state index in [1.54, 1.807) is 0 Å². The van der Waals surface area contributed by atoms with Crippen molar-refractivity contribution in [2.75, 3.05) is 12.4 Å². The lowest BCUT2D eigenvalue weighted by Crippen LogP contribution is -2.17. The van der Waals surface area contributed by atoms with Crippen molar-refractivity contribution in [2.45, 2.75) is 46.5 Å². The highest BCUT2D eigenvalue weighted by atomic mass is 32.1. The summed E-state index contributed by atoms with van der Waals surface area (Å²) in [6, 6.07) is 6.08. The first-order valence-corrected chi connectivity index (χ1v) is 9.79. The van der Waals surface area contributed by atoms with Crippen LogP contribution in [-0.2, 0) is 28.8 Å². The third-order valence-corrected chi connectivity index (χ3v) is 6.17. The third-order valence-electron chi connectivity index (χ3n) is 5.00. The predicted octanol–water partition coefficient (Wildman–Crippen LogP) is 4.46. The van der Waals surface area contributed by atoms with Gasteiger partial charge in [-0.05, 0) is 55.7 Å². The number of fused-ring (bicyclic) bond motifs is 1. The van der Waals surface area contributed by atoms with E-state index in [0.29, 0.717) is 22.9 Å². The minimum absolute atomic E-state index is 0.103. The number of esters is 1. The Morgan fingerprint density at radius 3 is 2.77 bits per heavy atom. The molecule has 1 aromatic heterocycles. The van der Waals surface area contributed by atoms with Gasteiger partial charge in [0, 0.05) is 4.88 Å². The molecule has 26 heavy (non-hydrogen) atoms. The molecular formula is C21H25NO3S. The Bertz CT molecular complexity index is 853. The molecule has 0 spiro atoms. The van der Waals surface area contributed by atoms with Crippen LogP contribution in [-0.4, -0.2) is 19.0 Å². The normalized spacial score (nSPS) is 16.1. The Morgan fingerprint density at radius 2 is 2.08 bits per heavy atom. The number of anilines is 1. The van der Waals surface area contributed by atoms with Gasteiger partial charge in [-0.1, -0.05) is 30.7 Å². The van der Waals surface area contributed by atoms with Gasteiger partial charge in [-0.25, -0.2) is 4.79 Å². The van der Waals surface area contributed by atoms with Gasteiger partial charge >= 0.3 is 5.97 Å². The Hall–Kier alpha value is -2.14. The fraction of sp³-hybridized carbons (Fsp3) is 0.429. The van der Waals surface area contributed by atoms with Crippen molar-refractivity contribution in [1.29, 1.82) is 0 Å². The van der Waals surface area contributed by atoms with Crippen molar-refractivity contribution < 1.29 is 14.3 Å². The SMILES string of the molecule is COC(=O)c1c(NC(=O)Cc2ccc(C)cc2C)sc2c1CC[C@H](C)C2. The zero-order chi connectivity index (χ0) is 18.8. The summed E-state index contributed by atoms with van der Waals surface area (Å²) in [7, 11) is 1.39. The molecule has 1 atom stereocenters. The van der Waals surface area contributed by atoms with Crippen LogP contribution in [0.15, 0.2) is 18.2 Å². The van der Waals surface area contributed by atoms with Gasteiger partial charge in [0.05, 0.1) is 19.1 Å². The number of amides is 1. The second-order valence-corrected chi connectivity index (χ2v) is 8.31. The quantitative estimate of drug-likeness (QED) is 0.808. The molecule has 0 fully saturated rings. The van der Waals surface area contributed by atoms with Gasteiger partial charge in [-0.2, -0.15) is 0 Å². The molecule has 1 amide bonds. The molecule has 0 bridgehead atoms. The van der Waals surface area contributed by atoms with Gasteiger partial charge in [0.15, 0.2) is 0 Å². The van der Waals surface area contributed by atoms with Crippen molar-refractivity contribution in [3.8, 4) is 0 Å². The lowest BCUT2D eigenvalue weighted by molar-refractivity contribution is -0.115. The Morgan fingerprint density at radius 1 is 1.31 bits per heavy atom. The molecule has 138 valence electrons. The summed E-state index contributed by atoms with van der Waals surface area (Å²) in [5.74, 6) is 0.137. The molecule has 0 saturated carbocycles. The summed E-state index contributed by atoms with van der Waals surface area (Å²) in [6.07, 6.45) is 3.18. The van der Waals surface area contributed by atoms with Crippen LogP contribution in [0.4, 0.5) is 5.00 Å². The number of carbonyl (C=O) groups excluding carboxylic acids is 2. The van der Waals surface area contributed by atoms with Crippen molar-refractivity contribution in [3.63, 3.8) is 0 Å². The molecule has 0 saturated heterocycles. The monoisotopic (exact) mass is 371 g/mol. The summed E-state index contributed by atoms with van der Waals surface area (Å²) >= 11 is 1.52. The van der Waals surface area contributed by atoms with Crippen molar-refractivity contribution in [3.05, 3.63) is 50.9 Å². The van der Waals surface area contributed by atoms with Gasteiger partial charge in [0.25, 0.3) is 0 Å². The number of benzene rings is 1. The summed E-state index contributed by atoms with van der Waals surface area (Å²) in [6.45, 7) is 6.27. The highest BCUT2D eigenvalue weighted by molar-refractivity contribution is 7.17. The fourth-order valence-electron chi connectivity index (χ4n) is 3.54. The largest absolute Gasteiger partial charge is 0.465 e. The van der Waals surface area contributed by atoms with Crippen molar-refractivity contribution in [2.24, 2.45) is 5.92 Å². The average molecular weight is 372 g/mol. The number of thiophene rings is 1. The molecule has 4 nitrogen and oxygen atoms in total. The van der Waals surface area contributed by atoms with Crippen LogP contribution in [0.25, 0.3) is 0 Å². The van der Waals surface area contributed by atoms with Crippen LogP contribution in [0.3, 0.4) is 0 Å². The molecule has 2 aromatic rings. The van der Waals surface area contributed by atoms with E-state index in [2.05, 4.69) is 18.3 Å². The van der Waals surface area contributed by atoms with E-state index in [-0.39, 0.29) is 11.9 Å². The van der Waals surface area contributed by atoms with Crippen LogP contribution in [0.5, 0.6) is 0 Å². The molecule has 0 radical (unpaired) electrons. The number of methoxy groups -OCH3 is 1. The van der Waals surface area contributed by atoms with Crippen LogP contribution >= 0.6 is 11.3 Å².